The van der Waals surface area contributed by atoms with E-state index in [0.29, 0.717) is 6.61 Å². The molecular formula is C16H23N3O2. The highest BCUT2D eigenvalue weighted by atomic mass is 16.5. The quantitative estimate of drug-likeness (QED) is 0.804. The predicted octanol–water partition coefficient (Wildman–Crippen LogP) is 1.38. The Morgan fingerprint density at radius 3 is 2.81 bits per heavy atom. The molecule has 0 radical (unpaired) electrons. The highest BCUT2D eigenvalue weighted by Gasteiger charge is 2.20. The van der Waals surface area contributed by atoms with Gasteiger partial charge in [0.15, 0.2) is 0 Å². The highest BCUT2D eigenvalue weighted by molar-refractivity contribution is 6.01. The first-order chi connectivity index (χ1) is 10.0. The summed E-state index contributed by atoms with van der Waals surface area (Å²) in [6.45, 7) is 6.61. The van der Waals surface area contributed by atoms with Gasteiger partial charge in [0.1, 0.15) is 12.4 Å². The lowest BCUT2D eigenvalue weighted by molar-refractivity contribution is -0.113. The molecule has 1 heterocycles. The molecule has 1 aliphatic rings. The van der Waals surface area contributed by atoms with E-state index in [1.54, 1.807) is 11.9 Å². The number of nitrogens with one attached hydrogen (secondary N) is 1. The van der Waals surface area contributed by atoms with Crippen LogP contribution >= 0.6 is 0 Å². The van der Waals surface area contributed by atoms with Crippen LogP contribution in [0.4, 0.5) is 5.69 Å². The molecule has 5 nitrogen and oxygen atoms in total. The third kappa shape index (κ3) is 3.62. The zero-order valence-corrected chi connectivity index (χ0v) is 13.0. The summed E-state index contributed by atoms with van der Waals surface area (Å²) >= 11 is 0. The summed E-state index contributed by atoms with van der Waals surface area (Å²) in [7, 11) is 5.79. The minimum Gasteiger partial charge on any atom is -0.492 e. The topological polar surface area (TPSA) is 44.8 Å². The smallest absolute Gasteiger partial charge is 0.250 e. The fourth-order valence-electron chi connectivity index (χ4n) is 2.36. The summed E-state index contributed by atoms with van der Waals surface area (Å²) in [5.41, 5.74) is 3.24. The molecule has 0 aliphatic carbocycles. The molecule has 0 atom stereocenters. The summed E-state index contributed by atoms with van der Waals surface area (Å²) in [6, 6.07) is 3.99. The van der Waals surface area contributed by atoms with Crippen molar-refractivity contribution < 1.29 is 9.53 Å². The Balaban J connectivity index is 2.24. The summed E-state index contributed by atoms with van der Waals surface area (Å²) in [4.78, 5) is 15.6. The van der Waals surface area contributed by atoms with Crippen molar-refractivity contribution in [3.8, 4) is 5.75 Å². The van der Waals surface area contributed by atoms with E-state index in [4.69, 9.17) is 4.74 Å². The molecule has 21 heavy (non-hydrogen) atoms. The number of hydrogen-bond donors (Lipinski definition) is 1. The van der Waals surface area contributed by atoms with Gasteiger partial charge in [-0.2, -0.15) is 0 Å². The predicted molar refractivity (Wildman–Crippen MR) is 84.6 cm³/mol. The van der Waals surface area contributed by atoms with E-state index in [9.17, 15) is 4.79 Å². The van der Waals surface area contributed by atoms with Gasteiger partial charge in [-0.15, -0.1) is 0 Å². The van der Waals surface area contributed by atoms with Crippen LogP contribution in [0, 0.1) is 0 Å². The van der Waals surface area contributed by atoms with Crippen LogP contribution in [0.25, 0.3) is 0 Å². The van der Waals surface area contributed by atoms with Gasteiger partial charge in [-0.25, -0.2) is 0 Å². The summed E-state index contributed by atoms with van der Waals surface area (Å²) in [5.74, 6) is 0.688. The van der Waals surface area contributed by atoms with E-state index >= 15 is 0 Å². The number of rotatable bonds is 6. The van der Waals surface area contributed by atoms with Crippen molar-refractivity contribution in [1.82, 2.24) is 10.2 Å². The third-order valence-corrected chi connectivity index (χ3v) is 3.58. The average molecular weight is 289 g/mol. The number of nitrogens with zero attached hydrogens (tertiary/aromatic N) is 2. The Labute approximate surface area is 126 Å². The summed E-state index contributed by atoms with van der Waals surface area (Å²) in [6.07, 6.45) is 1.33. The van der Waals surface area contributed by atoms with E-state index < -0.39 is 0 Å². The van der Waals surface area contributed by atoms with Crippen molar-refractivity contribution >= 4 is 11.6 Å². The lowest BCUT2D eigenvalue weighted by Gasteiger charge is -2.20. The zero-order chi connectivity index (χ0) is 15.4. The second-order valence-corrected chi connectivity index (χ2v) is 5.44. The van der Waals surface area contributed by atoms with Crippen molar-refractivity contribution in [3.05, 3.63) is 35.9 Å². The molecule has 0 spiro atoms. The first kappa shape index (κ1) is 15.5. The fourth-order valence-corrected chi connectivity index (χ4v) is 2.36. The second-order valence-electron chi connectivity index (χ2n) is 5.44. The van der Waals surface area contributed by atoms with Crippen molar-refractivity contribution in [2.24, 2.45) is 0 Å². The molecular weight excluding hydrogens is 266 g/mol. The van der Waals surface area contributed by atoms with Gasteiger partial charge in [-0.05, 0) is 37.4 Å². The molecule has 114 valence electrons. The minimum atomic E-state index is -0.116. The van der Waals surface area contributed by atoms with Gasteiger partial charge in [0, 0.05) is 32.7 Å². The van der Waals surface area contributed by atoms with Gasteiger partial charge >= 0.3 is 0 Å². The Morgan fingerprint density at radius 2 is 2.14 bits per heavy atom. The SMILES string of the molecule is C=CC(=O)N(C)c1cc(OCCN(C)C)cc2c1CNC2. The number of amides is 1. The van der Waals surface area contributed by atoms with Gasteiger partial charge in [-0.3, -0.25) is 4.79 Å². The molecule has 0 aromatic heterocycles. The number of fused-ring (bicyclic) bond motifs is 1. The highest BCUT2D eigenvalue weighted by Crippen LogP contribution is 2.32. The first-order valence-corrected chi connectivity index (χ1v) is 7.07. The Kier molecular flexibility index (Phi) is 4.98. The molecule has 0 fully saturated rings. The number of benzene rings is 1. The normalized spacial score (nSPS) is 13.1. The van der Waals surface area contributed by atoms with E-state index in [1.165, 1.54) is 11.6 Å². The van der Waals surface area contributed by atoms with Gasteiger partial charge in [0.2, 0.25) is 5.91 Å². The minimum absolute atomic E-state index is 0.116. The molecule has 1 amide bonds. The summed E-state index contributed by atoms with van der Waals surface area (Å²) in [5, 5.41) is 3.31. The molecule has 5 heteroatoms. The fraction of sp³-hybridized carbons (Fsp3) is 0.438. The molecule has 0 unspecified atom stereocenters. The third-order valence-electron chi connectivity index (χ3n) is 3.58. The molecule has 1 aromatic rings. The number of likely N-dealkylation sites (N-methyl/N-ethyl adjacent to an activating group) is 2. The van der Waals surface area contributed by atoms with Crippen LogP contribution in [-0.4, -0.2) is 45.1 Å². The second kappa shape index (κ2) is 6.74. The zero-order valence-electron chi connectivity index (χ0n) is 13.0. The average Bonchev–Trinajstić information content (AvgIpc) is 2.92. The van der Waals surface area contributed by atoms with Crippen molar-refractivity contribution in [2.75, 3.05) is 39.2 Å². The van der Waals surface area contributed by atoms with Crippen LogP contribution in [0.5, 0.6) is 5.75 Å². The first-order valence-electron chi connectivity index (χ1n) is 7.07. The van der Waals surface area contributed by atoms with Gasteiger partial charge in [0.25, 0.3) is 0 Å². The molecule has 0 bridgehead atoms. The maximum atomic E-state index is 11.9. The number of carbonyl (C=O) groups is 1. The molecule has 0 saturated carbocycles. The van der Waals surface area contributed by atoms with Crippen LogP contribution in [0.15, 0.2) is 24.8 Å². The Bertz CT molecular complexity index is 541. The van der Waals surface area contributed by atoms with Gasteiger partial charge in [-0.1, -0.05) is 6.58 Å². The van der Waals surface area contributed by atoms with Crippen LogP contribution in [0.3, 0.4) is 0 Å². The number of carbonyl (C=O) groups excluding carboxylic acids is 1. The Hall–Kier alpha value is -1.85. The van der Waals surface area contributed by atoms with E-state index in [-0.39, 0.29) is 5.91 Å². The van der Waals surface area contributed by atoms with Crippen LogP contribution in [0.2, 0.25) is 0 Å². The molecule has 0 saturated heterocycles. The molecule has 1 aliphatic heterocycles. The van der Waals surface area contributed by atoms with Crippen molar-refractivity contribution in [1.29, 1.82) is 0 Å². The van der Waals surface area contributed by atoms with Crippen LogP contribution in [0.1, 0.15) is 11.1 Å². The molecule has 1 N–H and O–H groups in total. The monoisotopic (exact) mass is 289 g/mol. The van der Waals surface area contributed by atoms with E-state index in [0.717, 1.165) is 36.6 Å². The molecule has 1 aromatic carbocycles. The van der Waals surface area contributed by atoms with Crippen LogP contribution < -0.4 is 15.0 Å². The lowest BCUT2D eigenvalue weighted by atomic mass is 10.1. The van der Waals surface area contributed by atoms with Crippen molar-refractivity contribution in [2.45, 2.75) is 13.1 Å². The van der Waals surface area contributed by atoms with Gasteiger partial charge in [0.05, 0.1) is 5.69 Å². The standard InChI is InChI=1S/C16H23N3O2/c1-5-16(20)19(4)15-9-13(21-7-6-18(2)3)8-12-10-17-11-14(12)15/h5,8-9,17H,1,6-7,10-11H2,2-4H3. The van der Waals surface area contributed by atoms with Crippen LogP contribution in [-0.2, 0) is 17.9 Å². The van der Waals surface area contributed by atoms with Crippen molar-refractivity contribution in [3.63, 3.8) is 0 Å². The maximum absolute atomic E-state index is 11.9. The number of hydrogen-bond acceptors (Lipinski definition) is 4. The number of anilines is 1. The lowest BCUT2D eigenvalue weighted by Crippen LogP contribution is -2.25. The number of ether oxygens (including phenoxy) is 1. The largest absolute Gasteiger partial charge is 0.492 e. The summed E-state index contributed by atoms with van der Waals surface area (Å²) < 4.78 is 5.81. The maximum Gasteiger partial charge on any atom is 0.250 e. The van der Waals surface area contributed by atoms with E-state index in [1.807, 2.05) is 20.2 Å². The van der Waals surface area contributed by atoms with Gasteiger partial charge < -0.3 is 19.9 Å². The molecule has 2 rings (SSSR count). The van der Waals surface area contributed by atoms with E-state index in [2.05, 4.69) is 22.9 Å². The Morgan fingerprint density at radius 1 is 1.38 bits per heavy atom.